The molecule has 2 aromatic carbocycles. The van der Waals surface area contributed by atoms with Gasteiger partial charge in [-0.25, -0.2) is 0 Å². The molecule has 1 heterocycles. The van der Waals surface area contributed by atoms with E-state index in [1.54, 1.807) is 36.4 Å². The molecule has 0 unspecified atom stereocenters. The lowest BCUT2D eigenvalue weighted by molar-refractivity contribution is -0.140. The first-order chi connectivity index (χ1) is 11.1. The van der Waals surface area contributed by atoms with Crippen LogP contribution >= 0.6 is 11.6 Å². The summed E-state index contributed by atoms with van der Waals surface area (Å²) >= 11 is 5.94. The number of halogens is 1. The second-order valence-electron chi connectivity index (χ2n) is 5.02. The van der Waals surface area contributed by atoms with Crippen LogP contribution in [0, 0.1) is 0 Å². The minimum atomic E-state index is -0.280. The zero-order valence-corrected chi connectivity index (χ0v) is 13.1. The largest absolute Gasteiger partial charge is 0.506 e. The minimum absolute atomic E-state index is 0.0539. The zero-order chi connectivity index (χ0) is 16.4. The standard InChI is InChI=1S/C16H14ClN3O3/c1-23-16(22)7-3-10-2-6-15(21)14(8-10)20-18-12-5-4-11(17)9-13(12)19-20/h2,4-6,8-9,21H,3,7H2,1H3. The van der Waals surface area contributed by atoms with Crippen LogP contribution in [0.2, 0.25) is 5.02 Å². The summed E-state index contributed by atoms with van der Waals surface area (Å²) < 4.78 is 4.63. The molecule has 23 heavy (non-hydrogen) atoms. The van der Waals surface area contributed by atoms with Gasteiger partial charge in [0.05, 0.1) is 7.11 Å². The van der Waals surface area contributed by atoms with Crippen LogP contribution in [0.5, 0.6) is 5.75 Å². The molecule has 7 heteroatoms. The molecule has 0 saturated carbocycles. The summed E-state index contributed by atoms with van der Waals surface area (Å²) in [5.74, 6) is -0.226. The van der Waals surface area contributed by atoms with Gasteiger partial charge < -0.3 is 9.84 Å². The number of aromatic nitrogens is 3. The Labute approximate surface area is 137 Å². The van der Waals surface area contributed by atoms with Crippen LogP contribution in [-0.4, -0.2) is 33.2 Å². The summed E-state index contributed by atoms with van der Waals surface area (Å²) in [6, 6.07) is 10.3. The molecule has 0 atom stereocenters. The van der Waals surface area contributed by atoms with Crippen molar-refractivity contribution < 1.29 is 14.6 Å². The van der Waals surface area contributed by atoms with Crippen molar-refractivity contribution in [3.05, 3.63) is 47.0 Å². The quantitative estimate of drug-likeness (QED) is 0.744. The Morgan fingerprint density at radius 3 is 2.78 bits per heavy atom. The number of aromatic hydroxyl groups is 1. The first-order valence-electron chi connectivity index (χ1n) is 6.98. The second kappa shape index (κ2) is 6.26. The molecule has 0 saturated heterocycles. The highest BCUT2D eigenvalue weighted by atomic mass is 35.5. The molecule has 118 valence electrons. The maximum absolute atomic E-state index is 11.2. The second-order valence-corrected chi connectivity index (χ2v) is 5.46. The lowest BCUT2D eigenvalue weighted by Crippen LogP contribution is -2.03. The number of esters is 1. The van der Waals surface area contributed by atoms with Crippen molar-refractivity contribution in [1.82, 2.24) is 15.0 Å². The third kappa shape index (κ3) is 3.27. The fourth-order valence-corrected chi connectivity index (χ4v) is 2.39. The van der Waals surface area contributed by atoms with E-state index in [-0.39, 0.29) is 18.1 Å². The molecular formula is C16H14ClN3O3. The predicted octanol–water partition coefficient (Wildman–Crippen LogP) is 2.89. The third-order valence-corrected chi connectivity index (χ3v) is 3.68. The van der Waals surface area contributed by atoms with Crippen molar-refractivity contribution in [3.8, 4) is 11.4 Å². The first-order valence-corrected chi connectivity index (χ1v) is 7.36. The third-order valence-electron chi connectivity index (χ3n) is 3.44. The molecule has 0 aliphatic carbocycles. The molecule has 0 aliphatic heterocycles. The van der Waals surface area contributed by atoms with Gasteiger partial charge in [0.2, 0.25) is 0 Å². The van der Waals surface area contributed by atoms with Gasteiger partial charge in [-0.3, -0.25) is 4.79 Å². The number of carbonyl (C=O) groups excluding carboxylic acids is 1. The summed E-state index contributed by atoms with van der Waals surface area (Å²) in [6.07, 6.45) is 0.775. The lowest BCUT2D eigenvalue weighted by Gasteiger charge is -2.06. The number of ether oxygens (including phenoxy) is 1. The van der Waals surface area contributed by atoms with Crippen LogP contribution < -0.4 is 0 Å². The predicted molar refractivity (Wildman–Crippen MR) is 85.9 cm³/mol. The van der Waals surface area contributed by atoms with Crippen molar-refractivity contribution >= 4 is 28.6 Å². The van der Waals surface area contributed by atoms with Gasteiger partial charge in [0.1, 0.15) is 22.5 Å². The molecule has 0 radical (unpaired) electrons. The Kier molecular flexibility index (Phi) is 4.16. The highest BCUT2D eigenvalue weighted by Crippen LogP contribution is 2.24. The van der Waals surface area contributed by atoms with Crippen LogP contribution in [0.4, 0.5) is 0 Å². The van der Waals surface area contributed by atoms with Gasteiger partial charge in [-0.1, -0.05) is 17.7 Å². The number of benzene rings is 2. The van der Waals surface area contributed by atoms with Crippen molar-refractivity contribution in [2.45, 2.75) is 12.8 Å². The molecule has 0 aliphatic rings. The molecule has 3 rings (SSSR count). The average molecular weight is 332 g/mol. The summed E-state index contributed by atoms with van der Waals surface area (Å²) in [4.78, 5) is 12.6. The van der Waals surface area contributed by atoms with Gasteiger partial charge in [-0.2, -0.15) is 0 Å². The smallest absolute Gasteiger partial charge is 0.305 e. The van der Waals surface area contributed by atoms with Gasteiger partial charge in [0.25, 0.3) is 0 Å². The maximum atomic E-state index is 11.2. The Balaban J connectivity index is 1.95. The number of nitrogens with zero attached hydrogens (tertiary/aromatic N) is 3. The number of carbonyl (C=O) groups is 1. The van der Waals surface area contributed by atoms with Crippen molar-refractivity contribution in [1.29, 1.82) is 0 Å². The molecule has 3 aromatic rings. The maximum Gasteiger partial charge on any atom is 0.305 e. The molecule has 0 amide bonds. The minimum Gasteiger partial charge on any atom is -0.506 e. The Morgan fingerprint density at radius 2 is 2.00 bits per heavy atom. The van der Waals surface area contributed by atoms with E-state index in [1.807, 2.05) is 0 Å². The fourth-order valence-electron chi connectivity index (χ4n) is 2.23. The monoisotopic (exact) mass is 331 g/mol. The first kappa shape index (κ1) is 15.3. The van der Waals surface area contributed by atoms with E-state index < -0.39 is 0 Å². The summed E-state index contributed by atoms with van der Waals surface area (Å²) in [5.41, 5.74) is 2.63. The average Bonchev–Trinajstić information content (AvgIpc) is 2.96. The van der Waals surface area contributed by atoms with Crippen molar-refractivity contribution in [3.63, 3.8) is 0 Å². The van der Waals surface area contributed by atoms with Gasteiger partial charge in [-0.15, -0.1) is 15.0 Å². The van der Waals surface area contributed by atoms with Gasteiger partial charge in [0.15, 0.2) is 0 Å². The lowest BCUT2D eigenvalue weighted by atomic mass is 10.1. The van der Waals surface area contributed by atoms with Crippen molar-refractivity contribution in [2.24, 2.45) is 0 Å². The number of aryl methyl sites for hydroxylation is 1. The SMILES string of the molecule is COC(=O)CCc1ccc(O)c(-n2nc3ccc(Cl)cc3n2)c1. The number of phenolic OH excluding ortho intramolecular Hbond substituents is 1. The van der Waals surface area contributed by atoms with Crippen LogP contribution in [0.25, 0.3) is 16.7 Å². The Morgan fingerprint density at radius 1 is 1.22 bits per heavy atom. The van der Waals surface area contributed by atoms with E-state index in [0.29, 0.717) is 28.2 Å². The number of fused-ring (bicyclic) bond motifs is 1. The topological polar surface area (TPSA) is 77.2 Å². The molecule has 0 fully saturated rings. The summed E-state index contributed by atoms with van der Waals surface area (Å²) in [6.45, 7) is 0. The van der Waals surface area contributed by atoms with E-state index in [0.717, 1.165) is 5.56 Å². The Hall–Kier alpha value is -2.60. The van der Waals surface area contributed by atoms with E-state index in [1.165, 1.54) is 11.9 Å². The van der Waals surface area contributed by atoms with E-state index in [2.05, 4.69) is 14.9 Å². The van der Waals surface area contributed by atoms with E-state index in [9.17, 15) is 9.90 Å². The molecule has 1 aromatic heterocycles. The van der Waals surface area contributed by atoms with Crippen LogP contribution in [0.15, 0.2) is 36.4 Å². The van der Waals surface area contributed by atoms with Gasteiger partial charge in [0, 0.05) is 11.4 Å². The summed E-state index contributed by atoms with van der Waals surface area (Å²) in [7, 11) is 1.36. The summed E-state index contributed by atoms with van der Waals surface area (Å²) in [5, 5.41) is 19.3. The Bertz CT molecular complexity index is 876. The molecule has 0 spiro atoms. The number of phenols is 1. The molecule has 0 bridgehead atoms. The van der Waals surface area contributed by atoms with Crippen LogP contribution in [0.3, 0.4) is 0 Å². The number of rotatable bonds is 4. The van der Waals surface area contributed by atoms with E-state index in [4.69, 9.17) is 11.6 Å². The molecule has 1 N–H and O–H groups in total. The zero-order valence-electron chi connectivity index (χ0n) is 12.4. The highest BCUT2D eigenvalue weighted by molar-refractivity contribution is 6.31. The molecule has 6 nitrogen and oxygen atoms in total. The molecular weight excluding hydrogens is 318 g/mol. The van der Waals surface area contributed by atoms with Crippen LogP contribution in [-0.2, 0) is 16.0 Å². The number of methoxy groups -OCH3 is 1. The highest BCUT2D eigenvalue weighted by Gasteiger charge is 2.11. The van der Waals surface area contributed by atoms with Crippen LogP contribution in [0.1, 0.15) is 12.0 Å². The number of hydrogen-bond acceptors (Lipinski definition) is 5. The van der Waals surface area contributed by atoms with Crippen molar-refractivity contribution in [2.75, 3.05) is 7.11 Å². The number of hydrogen-bond donors (Lipinski definition) is 1. The van der Waals surface area contributed by atoms with Gasteiger partial charge in [-0.05, 0) is 42.3 Å². The normalized spacial score (nSPS) is 10.9. The fraction of sp³-hybridized carbons (Fsp3) is 0.188. The van der Waals surface area contributed by atoms with E-state index >= 15 is 0 Å². The van der Waals surface area contributed by atoms with Gasteiger partial charge >= 0.3 is 5.97 Å².